The zero-order valence-corrected chi connectivity index (χ0v) is 7.16. The Hall–Kier alpha value is -1.03. The zero-order chi connectivity index (χ0) is 8.55. The molecule has 0 saturated carbocycles. The van der Waals surface area contributed by atoms with E-state index in [9.17, 15) is 0 Å². The van der Waals surface area contributed by atoms with Gasteiger partial charge in [-0.15, -0.1) is 0 Å². The second kappa shape index (κ2) is 2.79. The lowest BCUT2D eigenvalue weighted by Gasteiger charge is -2.21. The molecule has 0 bridgehead atoms. The van der Waals surface area contributed by atoms with Crippen molar-refractivity contribution in [3.8, 4) is 5.88 Å². The van der Waals surface area contributed by atoms with Crippen molar-refractivity contribution in [1.29, 1.82) is 0 Å². The van der Waals surface area contributed by atoms with Crippen LogP contribution >= 0.6 is 0 Å². The first-order chi connectivity index (χ1) is 5.81. The van der Waals surface area contributed by atoms with Crippen LogP contribution in [0.3, 0.4) is 0 Å². The van der Waals surface area contributed by atoms with Gasteiger partial charge in [0.25, 0.3) is 0 Å². The number of rotatable bonds is 1. The lowest BCUT2D eigenvalue weighted by molar-refractivity contribution is 0.204. The number of nitrogens with zero attached hydrogens (tertiary/aromatic N) is 2. The lowest BCUT2D eigenvalue weighted by Crippen LogP contribution is -2.37. The molecule has 1 aromatic heterocycles. The van der Waals surface area contributed by atoms with Gasteiger partial charge in [0.1, 0.15) is 6.61 Å². The normalized spacial score (nSPS) is 21.7. The Morgan fingerprint density at radius 1 is 1.83 bits per heavy atom. The summed E-state index contributed by atoms with van der Waals surface area (Å²) in [6, 6.07) is 0.0853. The topological polar surface area (TPSA) is 53.1 Å². The SMILES string of the molecule is CCc1cnn2c1OCC(N)C2. The molecule has 0 fully saturated rings. The molecule has 4 nitrogen and oxygen atoms in total. The number of nitrogens with two attached hydrogens (primary N) is 1. The van der Waals surface area contributed by atoms with E-state index in [-0.39, 0.29) is 6.04 Å². The van der Waals surface area contributed by atoms with Crippen LogP contribution in [-0.2, 0) is 13.0 Å². The molecule has 1 unspecified atom stereocenters. The minimum Gasteiger partial charge on any atom is -0.476 e. The fourth-order valence-corrected chi connectivity index (χ4v) is 1.41. The van der Waals surface area contributed by atoms with Crippen LogP contribution in [0.5, 0.6) is 5.88 Å². The van der Waals surface area contributed by atoms with E-state index in [1.165, 1.54) is 5.56 Å². The molecular weight excluding hydrogens is 154 g/mol. The molecule has 1 aliphatic heterocycles. The Kier molecular flexibility index (Phi) is 1.77. The first-order valence-electron chi connectivity index (χ1n) is 4.24. The molecule has 2 heterocycles. The Morgan fingerprint density at radius 2 is 2.67 bits per heavy atom. The van der Waals surface area contributed by atoms with Crippen molar-refractivity contribution in [2.75, 3.05) is 6.61 Å². The Balaban J connectivity index is 2.32. The second-order valence-corrected chi connectivity index (χ2v) is 3.08. The van der Waals surface area contributed by atoms with Crippen molar-refractivity contribution in [2.24, 2.45) is 5.73 Å². The van der Waals surface area contributed by atoms with Crippen molar-refractivity contribution in [2.45, 2.75) is 25.9 Å². The highest BCUT2D eigenvalue weighted by atomic mass is 16.5. The average molecular weight is 167 g/mol. The van der Waals surface area contributed by atoms with Gasteiger partial charge in [0.05, 0.1) is 18.8 Å². The largest absolute Gasteiger partial charge is 0.476 e. The van der Waals surface area contributed by atoms with E-state index in [1.807, 2.05) is 10.9 Å². The summed E-state index contributed by atoms with van der Waals surface area (Å²) in [6.45, 7) is 3.48. The number of fused-ring (bicyclic) bond motifs is 1. The summed E-state index contributed by atoms with van der Waals surface area (Å²) in [7, 11) is 0. The van der Waals surface area contributed by atoms with E-state index < -0.39 is 0 Å². The molecule has 2 N–H and O–H groups in total. The fraction of sp³-hybridized carbons (Fsp3) is 0.625. The van der Waals surface area contributed by atoms with Crippen LogP contribution < -0.4 is 10.5 Å². The minimum atomic E-state index is 0.0853. The summed E-state index contributed by atoms with van der Waals surface area (Å²) in [5.74, 6) is 0.902. The van der Waals surface area contributed by atoms with Gasteiger partial charge in [-0.1, -0.05) is 6.92 Å². The molecule has 1 aliphatic rings. The molecule has 1 aromatic rings. The van der Waals surface area contributed by atoms with Gasteiger partial charge in [-0.25, -0.2) is 4.68 Å². The molecule has 0 radical (unpaired) electrons. The van der Waals surface area contributed by atoms with Crippen LogP contribution in [0.25, 0.3) is 0 Å². The molecule has 1 atom stereocenters. The molecule has 0 saturated heterocycles. The quantitative estimate of drug-likeness (QED) is 0.648. The molecule has 0 spiro atoms. The molecular formula is C8H13N3O. The molecule has 2 rings (SSSR count). The molecule has 0 aliphatic carbocycles. The molecule has 66 valence electrons. The number of hydrogen-bond donors (Lipinski definition) is 1. The van der Waals surface area contributed by atoms with Crippen molar-refractivity contribution in [1.82, 2.24) is 9.78 Å². The zero-order valence-electron chi connectivity index (χ0n) is 7.16. The van der Waals surface area contributed by atoms with Gasteiger partial charge in [0.15, 0.2) is 0 Å². The van der Waals surface area contributed by atoms with E-state index in [4.69, 9.17) is 10.5 Å². The Labute approximate surface area is 71.3 Å². The summed E-state index contributed by atoms with van der Waals surface area (Å²) in [5, 5.41) is 4.19. The number of aromatic nitrogens is 2. The van der Waals surface area contributed by atoms with E-state index in [1.54, 1.807) is 0 Å². The predicted molar refractivity (Wildman–Crippen MR) is 45.1 cm³/mol. The van der Waals surface area contributed by atoms with Crippen LogP contribution in [0, 0.1) is 0 Å². The highest BCUT2D eigenvalue weighted by Gasteiger charge is 2.19. The van der Waals surface area contributed by atoms with Crippen molar-refractivity contribution in [3.63, 3.8) is 0 Å². The van der Waals surface area contributed by atoms with Crippen molar-refractivity contribution >= 4 is 0 Å². The van der Waals surface area contributed by atoms with Crippen LogP contribution in [0.1, 0.15) is 12.5 Å². The van der Waals surface area contributed by atoms with E-state index in [0.29, 0.717) is 6.61 Å². The molecule has 0 aromatic carbocycles. The first kappa shape index (κ1) is 7.61. The van der Waals surface area contributed by atoms with Crippen molar-refractivity contribution in [3.05, 3.63) is 11.8 Å². The summed E-state index contributed by atoms with van der Waals surface area (Å²) in [6.07, 6.45) is 2.82. The summed E-state index contributed by atoms with van der Waals surface area (Å²) in [5.41, 5.74) is 6.88. The second-order valence-electron chi connectivity index (χ2n) is 3.08. The van der Waals surface area contributed by atoms with E-state index in [2.05, 4.69) is 12.0 Å². The van der Waals surface area contributed by atoms with Crippen LogP contribution in [0.2, 0.25) is 0 Å². The van der Waals surface area contributed by atoms with Gasteiger partial charge < -0.3 is 10.5 Å². The maximum Gasteiger partial charge on any atom is 0.215 e. The summed E-state index contributed by atoms with van der Waals surface area (Å²) < 4.78 is 7.31. The average Bonchev–Trinajstić information content (AvgIpc) is 2.46. The predicted octanol–water partition coefficient (Wildman–Crippen LogP) is 0.165. The number of ether oxygens (including phenoxy) is 1. The van der Waals surface area contributed by atoms with Crippen LogP contribution in [-0.4, -0.2) is 22.4 Å². The maximum atomic E-state index is 5.71. The Morgan fingerprint density at radius 3 is 3.42 bits per heavy atom. The van der Waals surface area contributed by atoms with Gasteiger partial charge in [0.2, 0.25) is 5.88 Å². The highest BCUT2D eigenvalue weighted by molar-refractivity contribution is 5.25. The molecule has 0 amide bonds. The monoisotopic (exact) mass is 167 g/mol. The number of aryl methyl sites for hydroxylation is 1. The first-order valence-corrected chi connectivity index (χ1v) is 4.24. The summed E-state index contributed by atoms with van der Waals surface area (Å²) in [4.78, 5) is 0. The number of hydrogen-bond acceptors (Lipinski definition) is 3. The lowest BCUT2D eigenvalue weighted by atomic mass is 10.2. The fourth-order valence-electron chi connectivity index (χ4n) is 1.41. The highest BCUT2D eigenvalue weighted by Crippen LogP contribution is 2.21. The van der Waals surface area contributed by atoms with Crippen LogP contribution in [0.15, 0.2) is 6.20 Å². The van der Waals surface area contributed by atoms with Crippen LogP contribution in [0.4, 0.5) is 0 Å². The standard InChI is InChI=1S/C8H13N3O/c1-2-6-3-10-11-4-7(9)5-12-8(6)11/h3,7H,2,4-5,9H2,1H3. The van der Waals surface area contributed by atoms with Gasteiger partial charge in [-0.3, -0.25) is 0 Å². The smallest absolute Gasteiger partial charge is 0.215 e. The maximum absolute atomic E-state index is 5.71. The van der Waals surface area contributed by atoms with Gasteiger partial charge in [0, 0.05) is 5.56 Å². The molecule has 4 heteroatoms. The van der Waals surface area contributed by atoms with Gasteiger partial charge >= 0.3 is 0 Å². The van der Waals surface area contributed by atoms with Gasteiger partial charge in [-0.2, -0.15) is 5.10 Å². The third-order valence-electron chi connectivity index (χ3n) is 2.08. The third kappa shape index (κ3) is 1.08. The van der Waals surface area contributed by atoms with E-state index in [0.717, 1.165) is 18.8 Å². The third-order valence-corrected chi connectivity index (χ3v) is 2.08. The minimum absolute atomic E-state index is 0.0853. The summed E-state index contributed by atoms with van der Waals surface area (Å²) >= 11 is 0. The Bertz CT molecular complexity index is 282. The molecule has 12 heavy (non-hydrogen) atoms. The van der Waals surface area contributed by atoms with E-state index >= 15 is 0 Å². The van der Waals surface area contributed by atoms with Crippen molar-refractivity contribution < 1.29 is 4.74 Å². The van der Waals surface area contributed by atoms with Gasteiger partial charge in [-0.05, 0) is 6.42 Å².